The first-order valence-electron chi connectivity index (χ1n) is 9.22. The molecule has 0 saturated carbocycles. The van der Waals surface area contributed by atoms with Gasteiger partial charge in [-0.3, -0.25) is 4.98 Å². The molecular weight excluding hydrogens is 388 g/mol. The second-order valence-electron chi connectivity index (χ2n) is 6.23. The molecule has 0 aliphatic heterocycles. The van der Waals surface area contributed by atoms with Crippen LogP contribution in [0.5, 0.6) is 5.75 Å². The van der Waals surface area contributed by atoms with Gasteiger partial charge in [-0.05, 0) is 42.8 Å². The van der Waals surface area contributed by atoms with Crippen LogP contribution < -0.4 is 4.74 Å². The number of methoxy groups -OCH3 is 1. The first-order valence-corrected chi connectivity index (χ1v) is 10.2. The lowest BCUT2D eigenvalue weighted by Crippen LogP contribution is -2.02. The third-order valence-corrected chi connectivity index (χ3v) is 5.20. The van der Waals surface area contributed by atoms with E-state index < -0.39 is 0 Å². The highest BCUT2D eigenvalue weighted by Gasteiger charge is 2.16. The number of hydrogen-bond acceptors (Lipinski definition) is 8. The SMILES string of the molecule is CCCn1c(SCc2noc(-c3ccc(OC)cc3)n2)nnc1-c1ccncc1. The van der Waals surface area contributed by atoms with Crippen LogP contribution in [-0.2, 0) is 12.3 Å². The van der Waals surface area contributed by atoms with Crippen LogP contribution in [0.4, 0.5) is 0 Å². The molecule has 0 bridgehead atoms. The number of aromatic nitrogens is 6. The van der Waals surface area contributed by atoms with Gasteiger partial charge in [-0.15, -0.1) is 10.2 Å². The van der Waals surface area contributed by atoms with Crippen molar-refractivity contribution < 1.29 is 9.26 Å². The van der Waals surface area contributed by atoms with Gasteiger partial charge in [-0.2, -0.15) is 4.98 Å². The maximum atomic E-state index is 5.40. The fourth-order valence-electron chi connectivity index (χ4n) is 2.83. The molecule has 8 nitrogen and oxygen atoms in total. The fraction of sp³-hybridized carbons (Fsp3) is 0.250. The van der Waals surface area contributed by atoms with E-state index >= 15 is 0 Å². The quantitative estimate of drug-likeness (QED) is 0.402. The number of nitrogens with zero attached hydrogens (tertiary/aromatic N) is 6. The topological polar surface area (TPSA) is 91.8 Å². The van der Waals surface area contributed by atoms with Crippen molar-refractivity contribution in [1.29, 1.82) is 0 Å². The minimum Gasteiger partial charge on any atom is -0.497 e. The largest absolute Gasteiger partial charge is 0.497 e. The molecule has 0 aliphatic carbocycles. The van der Waals surface area contributed by atoms with Crippen LogP contribution in [0.3, 0.4) is 0 Å². The van der Waals surface area contributed by atoms with E-state index in [0.29, 0.717) is 17.5 Å². The van der Waals surface area contributed by atoms with Gasteiger partial charge in [-0.1, -0.05) is 23.8 Å². The molecule has 3 heterocycles. The normalized spacial score (nSPS) is 11.0. The molecule has 0 N–H and O–H groups in total. The number of ether oxygens (including phenoxy) is 1. The molecule has 29 heavy (non-hydrogen) atoms. The van der Waals surface area contributed by atoms with E-state index in [-0.39, 0.29) is 0 Å². The third-order valence-electron chi connectivity index (χ3n) is 4.24. The number of thioether (sulfide) groups is 1. The number of hydrogen-bond donors (Lipinski definition) is 0. The van der Waals surface area contributed by atoms with E-state index in [0.717, 1.165) is 40.8 Å². The Morgan fingerprint density at radius 2 is 1.83 bits per heavy atom. The second kappa shape index (κ2) is 8.87. The van der Waals surface area contributed by atoms with E-state index in [4.69, 9.17) is 9.26 Å². The molecule has 9 heteroatoms. The summed E-state index contributed by atoms with van der Waals surface area (Å²) < 4.78 is 12.7. The summed E-state index contributed by atoms with van der Waals surface area (Å²) in [5.41, 5.74) is 1.85. The van der Waals surface area contributed by atoms with E-state index in [9.17, 15) is 0 Å². The molecule has 4 rings (SSSR count). The molecule has 0 amide bonds. The van der Waals surface area contributed by atoms with Gasteiger partial charge in [0.05, 0.1) is 12.9 Å². The Morgan fingerprint density at radius 3 is 2.55 bits per heavy atom. The Morgan fingerprint density at radius 1 is 1.03 bits per heavy atom. The molecule has 148 valence electrons. The molecule has 0 atom stereocenters. The Kier molecular flexibility index (Phi) is 5.85. The fourth-order valence-corrected chi connectivity index (χ4v) is 3.64. The molecular formula is C20H20N6O2S. The van der Waals surface area contributed by atoms with Gasteiger partial charge in [-0.25, -0.2) is 0 Å². The zero-order valence-corrected chi connectivity index (χ0v) is 17.0. The van der Waals surface area contributed by atoms with E-state index in [1.165, 1.54) is 11.8 Å². The highest BCUT2D eigenvalue weighted by molar-refractivity contribution is 7.98. The zero-order valence-electron chi connectivity index (χ0n) is 16.1. The van der Waals surface area contributed by atoms with Crippen molar-refractivity contribution in [2.45, 2.75) is 30.8 Å². The van der Waals surface area contributed by atoms with Crippen molar-refractivity contribution in [3.05, 3.63) is 54.6 Å². The Balaban J connectivity index is 1.49. The summed E-state index contributed by atoms with van der Waals surface area (Å²) in [6.45, 7) is 2.96. The van der Waals surface area contributed by atoms with Gasteiger partial charge in [0.25, 0.3) is 5.89 Å². The van der Waals surface area contributed by atoms with Crippen LogP contribution in [0.25, 0.3) is 22.8 Å². The van der Waals surface area contributed by atoms with Crippen LogP contribution in [0.2, 0.25) is 0 Å². The number of benzene rings is 1. The monoisotopic (exact) mass is 408 g/mol. The molecule has 0 radical (unpaired) electrons. The van der Waals surface area contributed by atoms with Crippen LogP contribution in [0, 0.1) is 0 Å². The predicted octanol–water partition coefficient (Wildman–Crippen LogP) is 4.10. The van der Waals surface area contributed by atoms with Crippen molar-refractivity contribution in [3.8, 4) is 28.6 Å². The van der Waals surface area contributed by atoms with Gasteiger partial charge in [0.15, 0.2) is 16.8 Å². The third kappa shape index (κ3) is 4.29. The number of rotatable bonds is 8. The summed E-state index contributed by atoms with van der Waals surface area (Å²) in [6, 6.07) is 11.4. The molecule has 0 saturated heterocycles. The second-order valence-corrected chi connectivity index (χ2v) is 7.17. The molecule has 0 fully saturated rings. The lowest BCUT2D eigenvalue weighted by atomic mass is 10.2. The maximum Gasteiger partial charge on any atom is 0.257 e. The Labute approximate surface area is 172 Å². The number of pyridine rings is 1. The van der Waals surface area contributed by atoms with Gasteiger partial charge in [0, 0.05) is 30.1 Å². The van der Waals surface area contributed by atoms with Crippen LogP contribution in [0.1, 0.15) is 19.2 Å². The molecule has 4 aromatic rings. The predicted molar refractivity (Wildman–Crippen MR) is 109 cm³/mol. The molecule has 1 aromatic carbocycles. The summed E-state index contributed by atoms with van der Waals surface area (Å²) in [4.78, 5) is 8.56. The Bertz CT molecular complexity index is 1060. The molecule has 0 unspecified atom stereocenters. The van der Waals surface area contributed by atoms with Gasteiger partial charge >= 0.3 is 0 Å². The zero-order chi connectivity index (χ0) is 20.1. The smallest absolute Gasteiger partial charge is 0.257 e. The van der Waals surface area contributed by atoms with E-state index in [1.54, 1.807) is 19.5 Å². The summed E-state index contributed by atoms with van der Waals surface area (Å²) in [5, 5.41) is 13.7. The highest BCUT2D eigenvalue weighted by Crippen LogP contribution is 2.27. The minimum atomic E-state index is 0.482. The van der Waals surface area contributed by atoms with Crippen molar-refractivity contribution in [3.63, 3.8) is 0 Å². The maximum absolute atomic E-state index is 5.40. The molecule has 3 aromatic heterocycles. The van der Waals surface area contributed by atoms with Crippen LogP contribution >= 0.6 is 11.8 Å². The summed E-state index contributed by atoms with van der Waals surface area (Å²) in [5.74, 6) is 3.25. The highest BCUT2D eigenvalue weighted by atomic mass is 32.2. The molecule has 0 spiro atoms. The average molecular weight is 408 g/mol. The average Bonchev–Trinajstić information content (AvgIpc) is 3.40. The lowest BCUT2D eigenvalue weighted by molar-refractivity contribution is 0.414. The standard InChI is InChI=1S/C20H20N6O2S/c1-3-12-26-18(14-8-10-21-11-9-14)23-24-20(26)29-13-17-22-19(28-25-17)15-4-6-16(27-2)7-5-15/h4-11H,3,12-13H2,1-2H3. The van der Waals surface area contributed by atoms with Gasteiger partial charge < -0.3 is 13.8 Å². The van der Waals surface area contributed by atoms with Crippen molar-refractivity contribution in [2.75, 3.05) is 7.11 Å². The first-order chi connectivity index (χ1) is 14.3. The van der Waals surface area contributed by atoms with Crippen LogP contribution in [0.15, 0.2) is 58.5 Å². The summed E-state index contributed by atoms with van der Waals surface area (Å²) in [6.07, 6.45) is 4.49. The summed E-state index contributed by atoms with van der Waals surface area (Å²) >= 11 is 1.54. The van der Waals surface area contributed by atoms with E-state index in [2.05, 4.69) is 36.8 Å². The van der Waals surface area contributed by atoms with E-state index in [1.807, 2.05) is 36.4 Å². The van der Waals surface area contributed by atoms with Crippen molar-refractivity contribution in [1.82, 2.24) is 29.9 Å². The molecule has 0 aliphatic rings. The Hall–Kier alpha value is -3.20. The van der Waals surface area contributed by atoms with Crippen molar-refractivity contribution >= 4 is 11.8 Å². The lowest BCUT2D eigenvalue weighted by Gasteiger charge is -2.07. The van der Waals surface area contributed by atoms with Gasteiger partial charge in [0.2, 0.25) is 0 Å². The van der Waals surface area contributed by atoms with Gasteiger partial charge in [0.1, 0.15) is 5.75 Å². The first kappa shape index (κ1) is 19.1. The van der Waals surface area contributed by atoms with Crippen molar-refractivity contribution in [2.24, 2.45) is 0 Å². The van der Waals surface area contributed by atoms with Crippen LogP contribution in [-0.4, -0.2) is 37.0 Å². The minimum absolute atomic E-state index is 0.482. The summed E-state index contributed by atoms with van der Waals surface area (Å²) in [7, 11) is 1.63.